The van der Waals surface area contributed by atoms with Crippen LogP contribution in [0.4, 0.5) is 0 Å². The lowest BCUT2D eigenvalue weighted by molar-refractivity contribution is 0.172. The Morgan fingerprint density at radius 2 is 1.70 bits per heavy atom. The highest BCUT2D eigenvalue weighted by Crippen LogP contribution is 2.24. The average Bonchev–Trinajstić information content (AvgIpc) is 2.73. The van der Waals surface area contributed by atoms with Gasteiger partial charge in [0.05, 0.1) is 18.3 Å². The summed E-state index contributed by atoms with van der Waals surface area (Å²) in [6.45, 7) is 8.92. The molecule has 0 aliphatic heterocycles. The molecule has 2 rings (SSSR count). The zero-order chi connectivity index (χ0) is 14.7. The molecule has 0 aliphatic rings. The van der Waals surface area contributed by atoms with Gasteiger partial charge in [-0.15, -0.1) is 0 Å². The van der Waals surface area contributed by atoms with Crippen molar-refractivity contribution in [3.63, 3.8) is 0 Å². The van der Waals surface area contributed by atoms with Crippen LogP contribution in [0.2, 0.25) is 0 Å². The molecule has 108 valence electrons. The molecule has 1 N–H and O–H groups in total. The second-order valence-electron chi connectivity index (χ2n) is 5.34. The van der Waals surface area contributed by atoms with Gasteiger partial charge in [0.2, 0.25) is 0 Å². The molecule has 1 unspecified atom stereocenters. The maximum atomic E-state index is 10.1. The van der Waals surface area contributed by atoms with E-state index in [-0.39, 0.29) is 0 Å². The third kappa shape index (κ3) is 2.93. The van der Waals surface area contributed by atoms with E-state index in [9.17, 15) is 5.11 Å². The van der Waals surface area contributed by atoms with E-state index in [1.165, 1.54) is 11.1 Å². The molecular weight excluding hydrogens is 248 g/mol. The molecule has 0 spiro atoms. The summed E-state index contributed by atoms with van der Waals surface area (Å²) < 4.78 is 1.99. The molecule has 0 saturated carbocycles. The third-order valence-electron chi connectivity index (χ3n) is 3.92. The first-order chi connectivity index (χ1) is 9.56. The van der Waals surface area contributed by atoms with Gasteiger partial charge in [-0.2, -0.15) is 5.10 Å². The fourth-order valence-corrected chi connectivity index (χ4v) is 2.60. The van der Waals surface area contributed by atoms with E-state index in [0.29, 0.717) is 0 Å². The number of hydrogen-bond acceptors (Lipinski definition) is 2. The lowest BCUT2D eigenvalue weighted by Crippen LogP contribution is -2.05. The molecule has 0 fully saturated rings. The predicted octanol–water partition coefficient (Wildman–Crippen LogP) is 3.55. The Labute approximate surface area is 121 Å². The third-order valence-corrected chi connectivity index (χ3v) is 3.92. The molecule has 2 aromatic rings. The van der Waals surface area contributed by atoms with Crippen molar-refractivity contribution < 1.29 is 5.11 Å². The van der Waals surface area contributed by atoms with Crippen molar-refractivity contribution >= 4 is 0 Å². The lowest BCUT2D eigenvalue weighted by Gasteiger charge is -2.09. The van der Waals surface area contributed by atoms with Gasteiger partial charge < -0.3 is 5.11 Å². The number of benzene rings is 1. The van der Waals surface area contributed by atoms with Crippen molar-refractivity contribution in [1.82, 2.24) is 9.78 Å². The molecule has 20 heavy (non-hydrogen) atoms. The first-order valence-corrected chi connectivity index (χ1v) is 7.36. The Balaban J connectivity index is 2.25. The Morgan fingerprint density at radius 1 is 1.10 bits per heavy atom. The van der Waals surface area contributed by atoms with E-state index in [2.05, 4.69) is 36.3 Å². The van der Waals surface area contributed by atoms with Crippen molar-refractivity contribution in [3.8, 4) is 0 Å². The Morgan fingerprint density at radius 3 is 2.25 bits per heavy atom. The zero-order valence-electron chi connectivity index (χ0n) is 12.8. The van der Waals surface area contributed by atoms with Crippen molar-refractivity contribution in [2.24, 2.45) is 0 Å². The van der Waals surface area contributed by atoms with Crippen molar-refractivity contribution in [1.29, 1.82) is 0 Å². The van der Waals surface area contributed by atoms with Crippen LogP contribution in [-0.2, 0) is 13.0 Å². The summed E-state index contributed by atoms with van der Waals surface area (Å²) >= 11 is 0. The van der Waals surface area contributed by atoms with E-state index in [1.54, 1.807) is 0 Å². The molecule has 0 saturated heterocycles. The molecule has 3 heteroatoms. The summed E-state index contributed by atoms with van der Waals surface area (Å²) in [5, 5.41) is 14.7. The van der Waals surface area contributed by atoms with Gasteiger partial charge in [0.25, 0.3) is 0 Å². The van der Waals surface area contributed by atoms with Crippen molar-refractivity contribution in [2.45, 2.75) is 53.2 Å². The van der Waals surface area contributed by atoms with Gasteiger partial charge in [-0.05, 0) is 37.8 Å². The summed E-state index contributed by atoms with van der Waals surface area (Å²) in [7, 11) is 0. The van der Waals surface area contributed by atoms with Gasteiger partial charge in [0.15, 0.2) is 0 Å². The second kappa shape index (κ2) is 6.23. The molecule has 3 nitrogen and oxygen atoms in total. The first-order valence-electron chi connectivity index (χ1n) is 7.36. The van der Waals surface area contributed by atoms with E-state index in [0.717, 1.165) is 36.3 Å². The summed E-state index contributed by atoms with van der Waals surface area (Å²) in [4.78, 5) is 0. The maximum absolute atomic E-state index is 10.1. The van der Waals surface area contributed by atoms with Crippen LogP contribution in [0, 0.1) is 13.8 Å². The minimum absolute atomic E-state index is 0.411. The molecule has 1 heterocycles. The predicted molar refractivity (Wildman–Crippen MR) is 81.9 cm³/mol. The highest BCUT2D eigenvalue weighted by molar-refractivity contribution is 5.29. The van der Waals surface area contributed by atoms with Crippen LogP contribution in [0.1, 0.15) is 54.5 Å². The topological polar surface area (TPSA) is 38.0 Å². The molecule has 0 radical (unpaired) electrons. The number of aromatic nitrogens is 2. The molecule has 1 aromatic carbocycles. The van der Waals surface area contributed by atoms with Crippen LogP contribution in [0.15, 0.2) is 24.3 Å². The van der Waals surface area contributed by atoms with Crippen LogP contribution in [-0.4, -0.2) is 14.9 Å². The quantitative estimate of drug-likeness (QED) is 0.904. The van der Waals surface area contributed by atoms with E-state index in [4.69, 9.17) is 0 Å². The van der Waals surface area contributed by atoms with E-state index in [1.807, 2.05) is 25.5 Å². The van der Waals surface area contributed by atoms with Crippen LogP contribution < -0.4 is 0 Å². The minimum Gasteiger partial charge on any atom is -0.388 e. The average molecular weight is 272 g/mol. The minimum atomic E-state index is -0.411. The number of aryl methyl sites for hydroxylation is 2. The fraction of sp³-hybridized carbons (Fsp3) is 0.471. The smallest absolute Gasteiger partial charge is 0.0823 e. The number of aliphatic hydroxyl groups excluding tert-OH is 1. The standard InChI is InChI=1S/C17H24N2O/c1-5-14-7-9-15(10-8-14)11-19-13(4)17(12(3)18-19)16(20)6-2/h7-10,16,20H,5-6,11H2,1-4H3. The summed E-state index contributed by atoms with van der Waals surface area (Å²) in [6.07, 6.45) is 1.37. The van der Waals surface area contributed by atoms with Gasteiger partial charge >= 0.3 is 0 Å². The van der Waals surface area contributed by atoms with Crippen LogP contribution in [0.25, 0.3) is 0 Å². The SMILES string of the molecule is CCc1ccc(Cn2nc(C)c(C(O)CC)c2C)cc1. The number of rotatable bonds is 5. The van der Waals surface area contributed by atoms with Crippen LogP contribution in [0.3, 0.4) is 0 Å². The van der Waals surface area contributed by atoms with Crippen LogP contribution in [0.5, 0.6) is 0 Å². The van der Waals surface area contributed by atoms with Gasteiger partial charge in [-0.25, -0.2) is 0 Å². The second-order valence-corrected chi connectivity index (χ2v) is 5.34. The molecule has 0 bridgehead atoms. The molecule has 0 aliphatic carbocycles. The number of nitrogens with zero attached hydrogens (tertiary/aromatic N) is 2. The van der Waals surface area contributed by atoms with Gasteiger partial charge in [0, 0.05) is 11.3 Å². The first kappa shape index (κ1) is 14.8. The lowest BCUT2D eigenvalue weighted by atomic mass is 10.1. The summed E-state index contributed by atoms with van der Waals surface area (Å²) in [5.41, 5.74) is 5.57. The molecule has 0 amide bonds. The van der Waals surface area contributed by atoms with Gasteiger partial charge in [0.1, 0.15) is 0 Å². The van der Waals surface area contributed by atoms with E-state index >= 15 is 0 Å². The zero-order valence-corrected chi connectivity index (χ0v) is 12.8. The normalized spacial score (nSPS) is 12.7. The summed E-state index contributed by atoms with van der Waals surface area (Å²) in [5.74, 6) is 0. The number of aliphatic hydroxyl groups is 1. The maximum Gasteiger partial charge on any atom is 0.0823 e. The highest BCUT2D eigenvalue weighted by Gasteiger charge is 2.17. The van der Waals surface area contributed by atoms with E-state index < -0.39 is 6.10 Å². The van der Waals surface area contributed by atoms with Gasteiger partial charge in [-0.3, -0.25) is 4.68 Å². The Hall–Kier alpha value is -1.61. The van der Waals surface area contributed by atoms with Crippen molar-refractivity contribution in [2.75, 3.05) is 0 Å². The largest absolute Gasteiger partial charge is 0.388 e. The van der Waals surface area contributed by atoms with Crippen LogP contribution >= 0.6 is 0 Å². The Bertz CT molecular complexity index is 569. The van der Waals surface area contributed by atoms with Gasteiger partial charge in [-0.1, -0.05) is 38.1 Å². The molecule has 1 atom stereocenters. The van der Waals surface area contributed by atoms with Crippen molar-refractivity contribution in [3.05, 3.63) is 52.3 Å². The molecule has 1 aromatic heterocycles. The summed E-state index contributed by atoms with van der Waals surface area (Å²) in [6, 6.07) is 8.65. The Kier molecular flexibility index (Phi) is 4.61. The highest BCUT2D eigenvalue weighted by atomic mass is 16.3. The number of hydrogen-bond donors (Lipinski definition) is 1. The molecular formula is C17H24N2O. The monoisotopic (exact) mass is 272 g/mol. The fourth-order valence-electron chi connectivity index (χ4n) is 2.60.